The molecule has 17 heavy (non-hydrogen) atoms. The molecule has 1 fully saturated rings. The fourth-order valence-electron chi connectivity index (χ4n) is 2.79. The molecule has 2 rings (SSSR count). The molecule has 0 unspecified atom stereocenters. The summed E-state index contributed by atoms with van der Waals surface area (Å²) in [6, 6.07) is 3.86. The molecule has 0 radical (unpaired) electrons. The second-order valence-corrected chi connectivity index (χ2v) is 5.09. The summed E-state index contributed by atoms with van der Waals surface area (Å²) in [7, 11) is 4.04. The van der Waals surface area contributed by atoms with Crippen molar-refractivity contribution in [1.29, 1.82) is 0 Å². The van der Waals surface area contributed by atoms with Crippen LogP contribution in [0.2, 0.25) is 0 Å². The number of pyridine rings is 1. The molecule has 1 aromatic rings. The molecule has 1 heterocycles. The minimum Gasteiger partial charge on any atom is -0.297 e. The smallest absolute Gasteiger partial charge is 0.157 e. The van der Waals surface area contributed by atoms with Gasteiger partial charge in [0.15, 0.2) is 5.78 Å². The maximum Gasteiger partial charge on any atom is 0.157 e. The molecular formula is C14H20N2O. The van der Waals surface area contributed by atoms with E-state index in [0.717, 1.165) is 31.2 Å². The van der Waals surface area contributed by atoms with Crippen molar-refractivity contribution in [3.63, 3.8) is 0 Å². The molecule has 0 N–H and O–H groups in total. The zero-order chi connectivity index (χ0) is 12.3. The van der Waals surface area contributed by atoms with Crippen LogP contribution >= 0.6 is 0 Å². The van der Waals surface area contributed by atoms with Gasteiger partial charge in [-0.05, 0) is 38.6 Å². The monoisotopic (exact) mass is 232 g/mol. The van der Waals surface area contributed by atoms with Gasteiger partial charge in [0, 0.05) is 18.8 Å². The highest BCUT2D eigenvalue weighted by Gasteiger charge is 2.42. The normalized spacial score (nSPS) is 18.5. The molecular weight excluding hydrogens is 212 g/mol. The van der Waals surface area contributed by atoms with Gasteiger partial charge in [-0.15, -0.1) is 0 Å². The zero-order valence-corrected chi connectivity index (χ0v) is 10.6. The van der Waals surface area contributed by atoms with Crippen LogP contribution in [0.5, 0.6) is 0 Å². The number of carbonyl (C=O) groups excluding carboxylic acids is 1. The standard InChI is InChI=1S/C14H20N2O/c1-16(2)14(7-3-4-8-14)13(17)10-12-6-5-9-15-11-12/h5-6,9,11H,3-4,7-8,10H2,1-2H3. The molecule has 0 aliphatic heterocycles. The van der Waals surface area contributed by atoms with Crippen molar-refractivity contribution in [1.82, 2.24) is 9.88 Å². The second-order valence-electron chi connectivity index (χ2n) is 5.09. The van der Waals surface area contributed by atoms with E-state index in [0.29, 0.717) is 12.2 Å². The van der Waals surface area contributed by atoms with Crippen molar-refractivity contribution in [3.8, 4) is 0 Å². The van der Waals surface area contributed by atoms with E-state index in [9.17, 15) is 4.79 Å². The lowest BCUT2D eigenvalue weighted by Gasteiger charge is -2.34. The van der Waals surface area contributed by atoms with Gasteiger partial charge < -0.3 is 0 Å². The van der Waals surface area contributed by atoms with Crippen molar-refractivity contribution in [2.24, 2.45) is 0 Å². The lowest BCUT2D eigenvalue weighted by Crippen LogP contribution is -2.49. The van der Waals surface area contributed by atoms with Gasteiger partial charge in [0.1, 0.15) is 0 Å². The van der Waals surface area contributed by atoms with E-state index in [1.165, 1.54) is 0 Å². The first-order valence-electron chi connectivity index (χ1n) is 6.25. The number of Topliss-reactive ketones (excluding diaryl/α,β-unsaturated/α-hetero) is 1. The lowest BCUT2D eigenvalue weighted by molar-refractivity contribution is -0.128. The number of carbonyl (C=O) groups is 1. The largest absolute Gasteiger partial charge is 0.297 e. The predicted octanol–water partition coefficient (Wildman–Crippen LogP) is 2.07. The van der Waals surface area contributed by atoms with E-state index < -0.39 is 0 Å². The van der Waals surface area contributed by atoms with E-state index in [1.54, 1.807) is 12.4 Å². The van der Waals surface area contributed by atoms with Gasteiger partial charge in [0.2, 0.25) is 0 Å². The molecule has 1 saturated carbocycles. The lowest BCUT2D eigenvalue weighted by atomic mass is 9.87. The minimum atomic E-state index is -0.226. The van der Waals surface area contributed by atoms with Gasteiger partial charge in [-0.1, -0.05) is 18.9 Å². The highest BCUT2D eigenvalue weighted by molar-refractivity contribution is 5.90. The van der Waals surface area contributed by atoms with E-state index in [1.807, 2.05) is 26.2 Å². The van der Waals surface area contributed by atoms with E-state index in [-0.39, 0.29) is 5.54 Å². The molecule has 0 spiro atoms. The van der Waals surface area contributed by atoms with Gasteiger partial charge in [-0.3, -0.25) is 14.7 Å². The summed E-state index contributed by atoms with van der Waals surface area (Å²) in [6.07, 6.45) is 8.36. The van der Waals surface area contributed by atoms with Crippen LogP contribution in [0.15, 0.2) is 24.5 Å². The summed E-state index contributed by atoms with van der Waals surface area (Å²) in [6.45, 7) is 0. The SMILES string of the molecule is CN(C)C1(C(=O)Cc2cccnc2)CCCC1. The molecule has 0 saturated heterocycles. The molecule has 1 aliphatic carbocycles. The summed E-state index contributed by atoms with van der Waals surface area (Å²) in [5.74, 6) is 0.341. The number of ketones is 1. The molecule has 3 heteroatoms. The first-order valence-corrected chi connectivity index (χ1v) is 6.25. The van der Waals surface area contributed by atoms with Crippen LogP contribution < -0.4 is 0 Å². The highest BCUT2D eigenvalue weighted by Crippen LogP contribution is 2.35. The van der Waals surface area contributed by atoms with E-state index in [2.05, 4.69) is 9.88 Å². The Balaban J connectivity index is 2.13. The van der Waals surface area contributed by atoms with Crippen LogP contribution in [0.3, 0.4) is 0 Å². The Labute approximate surface area is 103 Å². The number of hydrogen-bond acceptors (Lipinski definition) is 3. The number of hydrogen-bond donors (Lipinski definition) is 0. The van der Waals surface area contributed by atoms with Gasteiger partial charge in [-0.25, -0.2) is 0 Å². The molecule has 0 amide bonds. The van der Waals surface area contributed by atoms with Crippen molar-refractivity contribution >= 4 is 5.78 Å². The Morgan fingerprint density at radius 2 is 2.12 bits per heavy atom. The van der Waals surface area contributed by atoms with Crippen LogP contribution in [0, 0.1) is 0 Å². The fourth-order valence-corrected chi connectivity index (χ4v) is 2.79. The summed E-state index contributed by atoms with van der Waals surface area (Å²) in [5, 5.41) is 0. The first kappa shape index (κ1) is 12.2. The Kier molecular flexibility index (Phi) is 3.57. The zero-order valence-electron chi connectivity index (χ0n) is 10.6. The number of aromatic nitrogens is 1. The van der Waals surface area contributed by atoms with Crippen LogP contribution in [0.4, 0.5) is 0 Å². The van der Waals surface area contributed by atoms with E-state index in [4.69, 9.17) is 0 Å². The third-order valence-corrected chi connectivity index (χ3v) is 3.89. The molecule has 92 valence electrons. The van der Waals surface area contributed by atoms with Crippen LogP contribution in [-0.2, 0) is 11.2 Å². The highest BCUT2D eigenvalue weighted by atomic mass is 16.1. The minimum absolute atomic E-state index is 0.226. The van der Waals surface area contributed by atoms with Crippen molar-refractivity contribution in [3.05, 3.63) is 30.1 Å². The van der Waals surface area contributed by atoms with Crippen LogP contribution in [-0.4, -0.2) is 35.3 Å². The summed E-state index contributed by atoms with van der Waals surface area (Å²) in [4.78, 5) is 18.7. The van der Waals surface area contributed by atoms with Gasteiger partial charge in [0.25, 0.3) is 0 Å². The third-order valence-electron chi connectivity index (χ3n) is 3.89. The van der Waals surface area contributed by atoms with Gasteiger partial charge >= 0.3 is 0 Å². The number of nitrogens with zero attached hydrogens (tertiary/aromatic N) is 2. The Bertz CT molecular complexity index is 380. The van der Waals surface area contributed by atoms with Crippen LogP contribution in [0.1, 0.15) is 31.2 Å². The maximum absolute atomic E-state index is 12.5. The topological polar surface area (TPSA) is 33.2 Å². The third kappa shape index (κ3) is 2.39. The van der Waals surface area contributed by atoms with Crippen molar-refractivity contribution in [2.45, 2.75) is 37.6 Å². The summed E-state index contributed by atoms with van der Waals surface area (Å²) >= 11 is 0. The van der Waals surface area contributed by atoms with E-state index >= 15 is 0 Å². The Morgan fingerprint density at radius 3 is 2.65 bits per heavy atom. The van der Waals surface area contributed by atoms with Crippen molar-refractivity contribution < 1.29 is 4.79 Å². The molecule has 0 atom stereocenters. The second kappa shape index (κ2) is 4.96. The molecule has 3 nitrogen and oxygen atoms in total. The maximum atomic E-state index is 12.5. The molecule has 0 bridgehead atoms. The molecule has 1 aromatic heterocycles. The molecule has 0 aromatic carbocycles. The molecule has 1 aliphatic rings. The predicted molar refractivity (Wildman–Crippen MR) is 67.8 cm³/mol. The summed E-state index contributed by atoms with van der Waals surface area (Å²) < 4.78 is 0. The Hall–Kier alpha value is -1.22. The quantitative estimate of drug-likeness (QED) is 0.796. The van der Waals surface area contributed by atoms with Crippen molar-refractivity contribution in [2.75, 3.05) is 14.1 Å². The fraction of sp³-hybridized carbons (Fsp3) is 0.571. The average Bonchev–Trinajstić information content (AvgIpc) is 2.80. The number of rotatable bonds is 4. The van der Waals surface area contributed by atoms with Crippen LogP contribution in [0.25, 0.3) is 0 Å². The summed E-state index contributed by atoms with van der Waals surface area (Å²) in [5.41, 5.74) is 0.793. The Morgan fingerprint density at radius 1 is 1.41 bits per heavy atom. The van der Waals surface area contributed by atoms with Gasteiger partial charge in [0.05, 0.1) is 5.54 Å². The van der Waals surface area contributed by atoms with Gasteiger partial charge in [-0.2, -0.15) is 0 Å². The number of likely N-dealkylation sites (N-methyl/N-ethyl adjacent to an activating group) is 1. The first-order chi connectivity index (χ1) is 8.15. The average molecular weight is 232 g/mol.